The summed E-state index contributed by atoms with van der Waals surface area (Å²) in [7, 11) is 0. The van der Waals surface area contributed by atoms with E-state index in [0.717, 1.165) is 16.5 Å². The molecule has 0 aliphatic carbocycles. The van der Waals surface area contributed by atoms with E-state index in [-0.39, 0.29) is 0 Å². The van der Waals surface area contributed by atoms with Crippen LogP contribution in [0.5, 0.6) is 0 Å². The Morgan fingerprint density at radius 1 is 1.38 bits per heavy atom. The first-order chi connectivity index (χ1) is 7.75. The van der Waals surface area contributed by atoms with Crippen LogP contribution < -0.4 is 5.32 Å². The molecule has 0 amide bonds. The van der Waals surface area contributed by atoms with Crippen LogP contribution in [-0.4, -0.2) is 21.0 Å². The number of benzene rings is 1. The highest BCUT2D eigenvalue weighted by Crippen LogP contribution is 2.15. The van der Waals surface area contributed by atoms with Crippen LogP contribution in [-0.2, 0) is 0 Å². The maximum atomic E-state index is 9.88. The number of hydrogen-bond donors (Lipinski definition) is 2. The van der Waals surface area contributed by atoms with Gasteiger partial charge in [-0.3, -0.25) is 0 Å². The van der Waals surface area contributed by atoms with Crippen molar-refractivity contribution in [3.05, 3.63) is 41.7 Å². The Kier molecular flexibility index (Phi) is 3.48. The number of aliphatic hydroxyl groups is 1. The zero-order valence-corrected chi connectivity index (χ0v) is 9.74. The van der Waals surface area contributed by atoms with Gasteiger partial charge in [0.1, 0.15) is 5.82 Å². The second-order valence-electron chi connectivity index (χ2n) is 3.45. The first kappa shape index (κ1) is 11.0. The van der Waals surface area contributed by atoms with Gasteiger partial charge in [0.25, 0.3) is 0 Å². The fraction of sp³-hybridized carbons (Fsp3) is 0.273. The first-order valence-corrected chi connectivity index (χ1v) is 5.80. The van der Waals surface area contributed by atoms with E-state index in [1.165, 1.54) is 11.5 Å². The molecule has 84 valence electrons. The fourth-order valence-electron chi connectivity index (χ4n) is 1.35. The van der Waals surface area contributed by atoms with Gasteiger partial charge in [-0.15, -0.1) is 0 Å². The highest BCUT2D eigenvalue weighted by Gasteiger charge is 2.07. The van der Waals surface area contributed by atoms with Crippen LogP contribution in [0.25, 0.3) is 0 Å². The third-order valence-corrected chi connectivity index (χ3v) is 2.92. The van der Waals surface area contributed by atoms with Crippen LogP contribution in [0.15, 0.2) is 30.3 Å². The Hall–Kier alpha value is -1.46. The summed E-state index contributed by atoms with van der Waals surface area (Å²) in [6, 6.07) is 9.55. The predicted molar refractivity (Wildman–Crippen MR) is 64.5 cm³/mol. The smallest absolute Gasteiger partial charge is 0.202 e. The van der Waals surface area contributed by atoms with Gasteiger partial charge in [0, 0.05) is 18.1 Å². The average Bonchev–Trinajstić information content (AvgIpc) is 2.73. The summed E-state index contributed by atoms with van der Waals surface area (Å²) in [6.07, 6.45) is -0.523. The van der Waals surface area contributed by atoms with E-state index in [0.29, 0.717) is 6.54 Å². The molecular formula is C11H13N3OS. The third kappa shape index (κ3) is 2.77. The lowest BCUT2D eigenvalue weighted by atomic mass is 10.1. The van der Waals surface area contributed by atoms with Crippen molar-refractivity contribution >= 4 is 16.7 Å². The Morgan fingerprint density at radius 3 is 2.75 bits per heavy atom. The maximum Gasteiger partial charge on any atom is 0.202 e. The zero-order chi connectivity index (χ0) is 11.4. The molecule has 0 spiro atoms. The van der Waals surface area contributed by atoms with Gasteiger partial charge < -0.3 is 10.4 Å². The molecule has 1 atom stereocenters. The predicted octanol–water partition coefficient (Wildman–Crippen LogP) is 1.99. The molecule has 2 N–H and O–H groups in total. The van der Waals surface area contributed by atoms with Crippen molar-refractivity contribution in [3.63, 3.8) is 0 Å². The quantitative estimate of drug-likeness (QED) is 0.851. The van der Waals surface area contributed by atoms with Crippen molar-refractivity contribution in [1.82, 2.24) is 9.36 Å². The van der Waals surface area contributed by atoms with Gasteiger partial charge in [0.2, 0.25) is 5.13 Å². The molecule has 1 aromatic carbocycles. The molecule has 4 nitrogen and oxygen atoms in total. The largest absolute Gasteiger partial charge is 0.387 e. The molecule has 0 fully saturated rings. The summed E-state index contributed by atoms with van der Waals surface area (Å²) in [6.45, 7) is 2.29. The number of anilines is 1. The van der Waals surface area contributed by atoms with Crippen molar-refractivity contribution in [2.45, 2.75) is 13.0 Å². The molecule has 1 heterocycles. The van der Waals surface area contributed by atoms with Crippen molar-refractivity contribution in [1.29, 1.82) is 0 Å². The second kappa shape index (κ2) is 5.05. The minimum atomic E-state index is -0.523. The van der Waals surface area contributed by atoms with Crippen LogP contribution in [0.2, 0.25) is 0 Å². The highest BCUT2D eigenvalue weighted by atomic mass is 32.1. The van der Waals surface area contributed by atoms with E-state index in [1.54, 1.807) is 0 Å². The van der Waals surface area contributed by atoms with Crippen LogP contribution in [0.1, 0.15) is 17.5 Å². The zero-order valence-electron chi connectivity index (χ0n) is 8.92. The standard InChI is InChI=1S/C11H13N3OS/c1-8-13-11(16-14-8)12-7-10(15)9-5-3-2-4-6-9/h2-6,10,15H,7H2,1H3,(H,12,13,14). The molecule has 2 rings (SSSR count). The molecular weight excluding hydrogens is 222 g/mol. The summed E-state index contributed by atoms with van der Waals surface area (Å²) in [5.74, 6) is 0.752. The van der Waals surface area contributed by atoms with E-state index < -0.39 is 6.10 Å². The van der Waals surface area contributed by atoms with Gasteiger partial charge in [-0.05, 0) is 12.5 Å². The van der Waals surface area contributed by atoms with Crippen LogP contribution in [0.4, 0.5) is 5.13 Å². The van der Waals surface area contributed by atoms with Crippen LogP contribution in [0, 0.1) is 6.92 Å². The molecule has 0 saturated heterocycles. The Morgan fingerprint density at radius 2 is 2.12 bits per heavy atom. The van der Waals surface area contributed by atoms with Gasteiger partial charge in [0.15, 0.2) is 0 Å². The topological polar surface area (TPSA) is 58.0 Å². The number of nitrogens with one attached hydrogen (secondary N) is 1. The summed E-state index contributed by atoms with van der Waals surface area (Å²) in [4.78, 5) is 4.16. The van der Waals surface area contributed by atoms with Crippen LogP contribution in [0.3, 0.4) is 0 Å². The molecule has 16 heavy (non-hydrogen) atoms. The number of aliphatic hydroxyl groups excluding tert-OH is 1. The molecule has 2 aromatic rings. The number of aromatic nitrogens is 2. The second-order valence-corrected chi connectivity index (χ2v) is 4.21. The van der Waals surface area contributed by atoms with Crippen LogP contribution >= 0.6 is 11.5 Å². The number of aryl methyl sites for hydroxylation is 1. The summed E-state index contributed by atoms with van der Waals surface area (Å²) < 4.78 is 4.05. The molecule has 0 radical (unpaired) electrons. The summed E-state index contributed by atoms with van der Waals surface area (Å²) in [5.41, 5.74) is 0.899. The van der Waals surface area contributed by atoms with Crippen molar-refractivity contribution in [2.75, 3.05) is 11.9 Å². The fourth-order valence-corrected chi connectivity index (χ4v) is 1.93. The normalized spacial score (nSPS) is 12.4. The first-order valence-electron chi connectivity index (χ1n) is 5.03. The third-order valence-electron chi connectivity index (χ3n) is 2.16. The number of hydrogen-bond acceptors (Lipinski definition) is 5. The lowest BCUT2D eigenvalue weighted by Crippen LogP contribution is -2.11. The Balaban J connectivity index is 1.91. The van der Waals surface area contributed by atoms with E-state index in [4.69, 9.17) is 0 Å². The molecule has 0 aliphatic rings. The van der Waals surface area contributed by atoms with E-state index in [9.17, 15) is 5.11 Å². The maximum absolute atomic E-state index is 9.88. The minimum Gasteiger partial charge on any atom is -0.387 e. The molecule has 0 aliphatic heterocycles. The van der Waals surface area contributed by atoms with Crippen molar-refractivity contribution in [3.8, 4) is 0 Å². The van der Waals surface area contributed by atoms with E-state index >= 15 is 0 Å². The van der Waals surface area contributed by atoms with Crippen molar-refractivity contribution in [2.24, 2.45) is 0 Å². The average molecular weight is 235 g/mol. The van der Waals surface area contributed by atoms with E-state index in [2.05, 4.69) is 14.7 Å². The van der Waals surface area contributed by atoms with Gasteiger partial charge in [-0.25, -0.2) is 4.98 Å². The Labute approximate surface area is 98.1 Å². The lowest BCUT2D eigenvalue weighted by Gasteiger charge is -2.10. The molecule has 1 aromatic heterocycles. The lowest BCUT2D eigenvalue weighted by molar-refractivity contribution is 0.191. The van der Waals surface area contributed by atoms with Gasteiger partial charge in [0.05, 0.1) is 6.10 Å². The highest BCUT2D eigenvalue weighted by molar-refractivity contribution is 7.09. The number of nitrogens with zero attached hydrogens (tertiary/aromatic N) is 2. The molecule has 5 heteroatoms. The molecule has 0 saturated carbocycles. The van der Waals surface area contributed by atoms with Crippen molar-refractivity contribution < 1.29 is 5.11 Å². The van der Waals surface area contributed by atoms with Gasteiger partial charge in [-0.1, -0.05) is 30.3 Å². The molecule has 1 unspecified atom stereocenters. The Bertz CT molecular complexity index is 444. The van der Waals surface area contributed by atoms with Gasteiger partial charge in [-0.2, -0.15) is 4.37 Å². The molecule has 0 bridgehead atoms. The summed E-state index contributed by atoms with van der Waals surface area (Å²) in [5, 5.41) is 13.7. The number of rotatable bonds is 4. The summed E-state index contributed by atoms with van der Waals surface area (Å²) >= 11 is 1.30. The minimum absolute atomic E-state index is 0.443. The SMILES string of the molecule is Cc1nsc(NCC(O)c2ccccc2)n1. The van der Waals surface area contributed by atoms with E-state index in [1.807, 2.05) is 37.3 Å². The van der Waals surface area contributed by atoms with Gasteiger partial charge >= 0.3 is 0 Å². The monoisotopic (exact) mass is 235 g/mol.